The van der Waals surface area contributed by atoms with Gasteiger partial charge in [-0.2, -0.15) is 0 Å². The van der Waals surface area contributed by atoms with Gasteiger partial charge in [-0.15, -0.1) is 0 Å². The third-order valence-corrected chi connectivity index (χ3v) is 5.60. The van der Waals surface area contributed by atoms with Crippen LogP contribution in [0, 0.1) is 0 Å². The zero-order chi connectivity index (χ0) is 20.2. The van der Waals surface area contributed by atoms with Gasteiger partial charge >= 0.3 is 6.03 Å². The maximum Gasteiger partial charge on any atom is 0.324 e. The lowest BCUT2D eigenvalue weighted by Crippen LogP contribution is -2.48. The van der Waals surface area contributed by atoms with Crippen LogP contribution in [0.15, 0.2) is 42.6 Å². The van der Waals surface area contributed by atoms with Gasteiger partial charge in [-0.25, -0.2) is 9.78 Å². The Morgan fingerprint density at radius 1 is 1.28 bits per heavy atom. The van der Waals surface area contributed by atoms with E-state index in [1.165, 1.54) is 10.5 Å². The molecule has 1 aromatic carbocycles. The lowest BCUT2D eigenvalue weighted by atomic mass is 9.90. The van der Waals surface area contributed by atoms with Crippen LogP contribution in [0.1, 0.15) is 49.3 Å². The molecule has 1 aromatic heterocycles. The van der Waals surface area contributed by atoms with Gasteiger partial charge in [0.25, 0.3) is 0 Å². The van der Waals surface area contributed by atoms with Crippen molar-refractivity contribution in [1.82, 2.24) is 10.3 Å². The van der Waals surface area contributed by atoms with Crippen LogP contribution in [-0.2, 0) is 9.53 Å². The molecule has 7 nitrogen and oxygen atoms in total. The molecule has 1 fully saturated rings. The number of anilines is 2. The van der Waals surface area contributed by atoms with E-state index in [9.17, 15) is 9.59 Å². The number of carbonyl (C=O) groups excluding carboxylic acids is 2. The summed E-state index contributed by atoms with van der Waals surface area (Å²) in [5, 5.41) is 5.81. The first-order chi connectivity index (χ1) is 14.2. The lowest BCUT2D eigenvalue weighted by molar-refractivity contribution is -0.115. The number of pyridine rings is 1. The number of rotatable bonds is 4. The minimum absolute atomic E-state index is 0.0467. The number of hydrogen-bond donors (Lipinski definition) is 2. The van der Waals surface area contributed by atoms with Gasteiger partial charge in [0.05, 0.1) is 11.7 Å². The summed E-state index contributed by atoms with van der Waals surface area (Å²) in [4.78, 5) is 30.6. The molecule has 0 saturated carbocycles. The van der Waals surface area contributed by atoms with Crippen LogP contribution >= 0.6 is 0 Å². The molecule has 1 atom stereocenters. The van der Waals surface area contributed by atoms with E-state index in [1.54, 1.807) is 18.3 Å². The SMILES string of the molecule is CCC(NC(=O)N1CC(=O)Nc2cccnc21)c1ccc(C2CCOCC2)cc1. The third-order valence-electron chi connectivity index (χ3n) is 5.60. The Balaban J connectivity index is 1.47. The molecule has 152 valence electrons. The van der Waals surface area contributed by atoms with E-state index in [1.807, 2.05) is 6.92 Å². The number of carbonyl (C=O) groups is 2. The lowest BCUT2D eigenvalue weighted by Gasteiger charge is -2.30. The smallest absolute Gasteiger partial charge is 0.324 e. The number of nitrogens with zero attached hydrogens (tertiary/aromatic N) is 2. The number of aromatic nitrogens is 1. The Labute approximate surface area is 170 Å². The van der Waals surface area contributed by atoms with Crippen molar-refractivity contribution in [2.45, 2.75) is 38.1 Å². The number of nitrogens with one attached hydrogen (secondary N) is 2. The van der Waals surface area contributed by atoms with E-state index in [-0.39, 0.29) is 24.5 Å². The standard InChI is InChI=1S/C22H26N4O3/c1-2-18(17-7-5-15(6-8-17)16-9-12-29-13-10-16)25-22(28)26-14-20(27)24-19-4-3-11-23-21(19)26/h3-8,11,16,18H,2,9-10,12-14H2,1H3,(H,24,27)(H,25,28). The molecule has 2 aliphatic heterocycles. The van der Waals surface area contributed by atoms with Crippen molar-refractivity contribution >= 4 is 23.4 Å². The molecule has 2 aliphatic rings. The predicted octanol–water partition coefficient (Wildman–Crippen LogP) is 3.60. The maximum atomic E-state index is 12.9. The fraction of sp³-hybridized carbons (Fsp3) is 0.409. The molecule has 29 heavy (non-hydrogen) atoms. The summed E-state index contributed by atoms with van der Waals surface area (Å²) >= 11 is 0. The minimum Gasteiger partial charge on any atom is -0.381 e. The topological polar surface area (TPSA) is 83.6 Å². The monoisotopic (exact) mass is 394 g/mol. The Morgan fingerprint density at radius 3 is 2.76 bits per heavy atom. The zero-order valence-corrected chi connectivity index (χ0v) is 16.6. The van der Waals surface area contributed by atoms with E-state index in [0.29, 0.717) is 17.4 Å². The van der Waals surface area contributed by atoms with E-state index in [0.717, 1.165) is 38.0 Å². The van der Waals surface area contributed by atoms with Crippen LogP contribution in [0.25, 0.3) is 0 Å². The molecule has 0 radical (unpaired) electrons. The quantitative estimate of drug-likeness (QED) is 0.830. The van der Waals surface area contributed by atoms with Crippen LogP contribution in [0.3, 0.4) is 0 Å². The second-order valence-corrected chi connectivity index (χ2v) is 7.47. The molecule has 7 heteroatoms. The molecule has 1 unspecified atom stereocenters. The van der Waals surface area contributed by atoms with E-state index >= 15 is 0 Å². The Kier molecular flexibility index (Phi) is 5.76. The van der Waals surface area contributed by atoms with Crippen molar-refractivity contribution in [3.63, 3.8) is 0 Å². The highest BCUT2D eigenvalue weighted by Gasteiger charge is 2.29. The summed E-state index contributed by atoms with van der Waals surface area (Å²) < 4.78 is 5.45. The molecule has 1 saturated heterocycles. The van der Waals surface area contributed by atoms with Crippen molar-refractivity contribution in [1.29, 1.82) is 0 Å². The van der Waals surface area contributed by atoms with Gasteiger partial charge in [-0.1, -0.05) is 31.2 Å². The first-order valence-corrected chi connectivity index (χ1v) is 10.2. The average molecular weight is 394 g/mol. The first kappa shape index (κ1) is 19.4. The number of ether oxygens (including phenoxy) is 1. The van der Waals surface area contributed by atoms with Gasteiger partial charge in [-0.05, 0) is 48.4 Å². The highest BCUT2D eigenvalue weighted by atomic mass is 16.5. The summed E-state index contributed by atoms with van der Waals surface area (Å²) in [6, 6.07) is 11.5. The molecule has 0 spiro atoms. The van der Waals surface area contributed by atoms with Crippen LogP contribution in [0.2, 0.25) is 0 Å². The van der Waals surface area contributed by atoms with Gasteiger partial charge in [-0.3, -0.25) is 9.69 Å². The highest BCUT2D eigenvalue weighted by molar-refractivity contribution is 6.08. The van der Waals surface area contributed by atoms with Crippen molar-refractivity contribution in [3.05, 3.63) is 53.7 Å². The van der Waals surface area contributed by atoms with Crippen LogP contribution in [0.5, 0.6) is 0 Å². The summed E-state index contributed by atoms with van der Waals surface area (Å²) in [5.74, 6) is 0.783. The second-order valence-electron chi connectivity index (χ2n) is 7.47. The van der Waals surface area contributed by atoms with Crippen molar-refractivity contribution in [3.8, 4) is 0 Å². The Morgan fingerprint density at radius 2 is 2.03 bits per heavy atom. The molecule has 3 amide bonds. The number of amides is 3. The van der Waals surface area contributed by atoms with Crippen LogP contribution in [-0.4, -0.2) is 36.7 Å². The molecule has 3 heterocycles. The third kappa shape index (κ3) is 4.24. The summed E-state index contributed by atoms with van der Waals surface area (Å²) in [5.41, 5.74) is 2.93. The average Bonchev–Trinajstić information content (AvgIpc) is 2.77. The molecule has 2 aromatic rings. The predicted molar refractivity (Wildman–Crippen MR) is 111 cm³/mol. The maximum absolute atomic E-state index is 12.9. The Bertz CT molecular complexity index is 878. The molecular weight excluding hydrogens is 368 g/mol. The molecule has 4 rings (SSSR count). The molecule has 0 bridgehead atoms. The van der Waals surface area contributed by atoms with Gasteiger partial charge < -0.3 is 15.4 Å². The molecule has 0 aliphatic carbocycles. The zero-order valence-electron chi connectivity index (χ0n) is 16.6. The van der Waals surface area contributed by atoms with Gasteiger partial charge in [0.15, 0.2) is 5.82 Å². The van der Waals surface area contributed by atoms with Crippen molar-refractivity contribution < 1.29 is 14.3 Å². The van der Waals surface area contributed by atoms with Crippen molar-refractivity contribution in [2.24, 2.45) is 0 Å². The second kappa shape index (κ2) is 8.61. The Hall–Kier alpha value is -2.93. The normalized spacial score (nSPS) is 18.0. The van der Waals surface area contributed by atoms with Gasteiger partial charge in [0.2, 0.25) is 5.91 Å². The van der Waals surface area contributed by atoms with Gasteiger partial charge in [0.1, 0.15) is 6.54 Å². The largest absolute Gasteiger partial charge is 0.381 e. The first-order valence-electron chi connectivity index (χ1n) is 10.2. The van der Waals surface area contributed by atoms with E-state index in [4.69, 9.17) is 4.74 Å². The molecular formula is C22H26N4O3. The van der Waals surface area contributed by atoms with Crippen molar-refractivity contribution in [2.75, 3.05) is 30.0 Å². The highest BCUT2D eigenvalue weighted by Crippen LogP contribution is 2.29. The van der Waals surface area contributed by atoms with Crippen LogP contribution in [0.4, 0.5) is 16.3 Å². The van der Waals surface area contributed by atoms with Crippen LogP contribution < -0.4 is 15.5 Å². The summed E-state index contributed by atoms with van der Waals surface area (Å²) in [7, 11) is 0. The number of hydrogen-bond acceptors (Lipinski definition) is 4. The summed E-state index contributed by atoms with van der Waals surface area (Å²) in [6.07, 6.45) is 4.47. The summed E-state index contributed by atoms with van der Waals surface area (Å²) in [6.45, 7) is 3.62. The fourth-order valence-corrected chi connectivity index (χ4v) is 3.97. The van der Waals surface area contributed by atoms with Gasteiger partial charge in [0, 0.05) is 19.4 Å². The number of benzene rings is 1. The minimum atomic E-state index is -0.319. The number of fused-ring (bicyclic) bond motifs is 1. The number of urea groups is 1. The fourth-order valence-electron chi connectivity index (χ4n) is 3.97. The van der Waals surface area contributed by atoms with E-state index in [2.05, 4.69) is 39.9 Å². The van der Waals surface area contributed by atoms with E-state index < -0.39 is 0 Å². The molecule has 2 N–H and O–H groups in total.